The molecule has 1 atom stereocenters. The van der Waals surface area contributed by atoms with Crippen molar-refractivity contribution in [1.29, 1.82) is 0 Å². The van der Waals surface area contributed by atoms with E-state index >= 15 is 0 Å². The van der Waals surface area contributed by atoms with E-state index in [0.717, 1.165) is 43.6 Å². The number of benzene rings is 2. The van der Waals surface area contributed by atoms with Gasteiger partial charge in [-0.1, -0.05) is 35.9 Å². The summed E-state index contributed by atoms with van der Waals surface area (Å²) < 4.78 is 33.3. The van der Waals surface area contributed by atoms with Gasteiger partial charge in [-0.2, -0.15) is 0 Å². The number of nitrogens with zero attached hydrogens (tertiary/aromatic N) is 2. The van der Waals surface area contributed by atoms with Gasteiger partial charge in [0.2, 0.25) is 5.91 Å². The third-order valence-electron chi connectivity index (χ3n) is 5.67. The van der Waals surface area contributed by atoms with Crippen LogP contribution < -0.4 is 5.32 Å². The topological polar surface area (TPSA) is 58.4 Å². The van der Waals surface area contributed by atoms with Gasteiger partial charge in [-0.15, -0.1) is 0 Å². The number of nitrogens with one attached hydrogen (secondary N) is 1. The van der Waals surface area contributed by atoms with Crippen LogP contribution in [-0.4, -0.2) is 35.4 Å². The van der Waals surface area contributed by atoms with E-state index in [9.17, 15) is 13.6 Å². The number of hydrogen-bond acceptors (Lipinski definition) is 4. The maximum atomic E-state index is 13.9. The molecule has 0 saturated carbocycles. The number of likely N-dealkylation sites (tertiary alicyclic amines) is 1. The summed E-state index contributed by atoms with van der Waals surface area (Å²) in [5.74, 6) is -1.35. The van der Waals surface area contributed by atoms with Crippen molar-refractivity contribution in [2.75, 3.05) is 19.6 Å². The Morgan fingerprint density at radius 2 is 1.84 bits per heavy atom. The number of amides is 1. The molecule has 2 heterocycles. The second kappa shape index (κ2) is 10.2. The highest BCUT2D eigenvalue weighted by Gasteiger charge is 2.25. The van der Waals surface area contributed by atoms with Crippen molar-refractivity contribution in [1.82, 2.24) is 15.2 Å². The number of aromatic nitrogens is 1. The molecule has 168 valence electrons. The Morgan fingerprint density at radius 1 is 1.12 bits per heavy atom. The number of aryl methyl sites for hydroxylation is 1. The molecule has 2 aromatic carbocycles. The average molecular weight is 460 g/mol. The molecule has 8 heteroatoms. The smallest absolute Gasteiger partial charge is 0.220 e. The minimum absolute atomic E-state index is 0.00354. The van der Waals surface area contributed by atoms with Crippen LogP contribution in [0, 0.1) is 11.6 Å². The molecule has 1 unspecified atom stereocenters. The van der Waals surface area contributed by atoms with Gasteiger partial charge in [-0.3, -0.25) is 9.69 Å². The summed E-state index contributed by atoms with van der Waals surface area (Å²) in [5.41, 5.74) is 0.740. The van der Waals surface area contributed by atoms with Crippen LogP contribution in [0.3, 0.4) is 0 Å². The summed E-state index contributed by atoms with van der Waals surface area (Å²) in [6.07, 6.45) is 3.90. The predicted molar refractivity (Wildman–Crippen MR) is 118 cm³/mol. The van der Waals surface area contributed by atoms with Crippen LogP contribution in [-0.2, 0) is 11.2 Å². The minimum atomic E-state index is -0.724. The molecular weight excluding hydrogens is 436 g/mol. The zero-order valence-corrected chi connectivity index (χ0v) is 18.2. The van der Waals surface area contributed by atoms with Crippen molar-refractivity contribution in [3.05, 3.63) is 76.8 Å². The first-order valence-electron chi connectivity index (χ1n) is 10.7. The van der Waals surface area contributed by atoms with Gasteiger partial charge >= 0.3 is 0 Å². The number of hydrogen-bond donors (Lipinski definition) is 1. The van der Waals surface area contributed by atoms with E-state index in [1.165, 1.54) is 12.3 Å². The molecule has 0 spiro atoms. The lowest BCUT2D eigenvalue weighted by molar-refractivity contribution is -0.121. The van der Waals surface area contributed by atoms with Crippen molar-refractivity contribution in [2.45, 2.75) is 31.7 Å². The Bertz CT molecular complexity index is 1060. The fraction of sp³-hybridized carbons (Fsp3) is 0.333. The fourth-order valence-corrected chi connectivity index (χ4v) is 4.29. The van der Waals surface area contributed by atoms with E-state index in [4.69, 9.17) is 16.0 Å². The molecule has 1 N–H and O–H groups in total. The van der Waals surface area contributed by atoms with Crippen LogP contribution in [0.2, 0.25) is 5.02 Å². The molecule has 0 radical (unpaired) electrons. The van der Waals surface area contributed by atoms with E-state index in [2.05, 4.69) is 15.2 Å². The Kier molecular flexibility index (Phi) is 7.17. The highest BCUT2D eigenvalue weighted by Crippen LogP contribution is 2.30. The van der Waals surface area contributed by atoms with Gasteiger partial charge < -0.3 is 9.73 Å². The molecule has 1 aromatic heterocycles. The van der Waals surface area contributed by atoms with Crippen LogP contribution in [0.5, 0.6) is 0 Å². The van der Waals surface area contributed by atoms with Crippen LogP contribution >= 0.6 is 11.6 Å². The summed E-state index contributed by atoms with van der Waals surface area (Å²) in [7, 11) is 0. The molecule has 32 heavy (non-hydrogen) atoms. The molecule has 1 saturated heterocycles. The highest BCUT2D eigenvalue weighted by molar-refractivity contribution is 6.31. The normalized spacial score (nSPS) is 15.1. The van der Waals surface area contributed by atoms with Gasteiger partial charge in [0.15, 0.2) is 11.7 Å². The second-order valence-electron chi connectivity index (χ2n) is 7.80. The second-order valence-corrected chi connectivity index (χ2v) is 8.21. The molecule has 1 aliphatic heterocycles. The van der Waals surface area contributed by atoms with Gasteiger partial charge in [0, 0.05) is 24.4 Å². The zero-order valence-electron chi connectivity index (χ0n) is 17.5. The minimum Gasteiger partial charge on any atom is -0.441 e. The van der Waals surface area contributed by atoms with Gasteiger partial charge in [0.25, 0.3) is 0 Å². The third kappa shape index (κ3) is 5.16. The van der Waals surface area contributed by atoms with Gasteiger partial charge in [-0.25, -0.2) is 13.8 Å². The van der Waals surface area contributed by atoms with E-state index in [0.29, 0.717) is 11.6 Å². The van der Waals surface area contributed by atoms with Crippen LogP contribution in [0.25, 0.3) is 11.3 Å². The lowest BCUT2D eigenvalue weighted by atomic mass is 10.1. The molecule has 1 amide bonds. The number of carbonyl (C=O) groups excluding carboxylic acids is 1. The first kappa shape index (κ1) is 22.4. The van der Waals surface area contributed by atoms with E-state index in [-0.39, 0.29) is 42.0 Å². The van der Waals surface area contributed by atoms with E-state index in [1.807, 2.05) is 24.3 Å². The highest BCUT2D eigenvalue weighted by atomic mass is 35.5. The maximum absolute atomic E-state index is 13.9. The quantitative estimate of drug-likeness (QED) is 0.505. The van der Waals surface area contributed by atoms with Gasteiger partial charge in [0.05, 0.1) is 17.8 Å². The van der Waals surface area contributed by atoms with Crippen molar-refractivity contribution in [3.8, 4) is 11.3 Å². The molecule has 5 nitrogen and oxygen atoms in total. The first-order valence-corrected chi connectivity index (χ1v) is 11.0. The predicted octanol–water partition coefficient (Wildman–Crippen LogP) is 5.16. The van der Waals surface area contributed by atoms with Gasteiger partial charge in [0.1, 0.15) is 11.6 Å². The lowest BCUT2D eigenvalue weighted by Gasteiger charge is -2.29. The SMILES string of the molecule is O=C(CCc1ncc(-c2c(F)cccc2F)o1)NCC(c1ccccc1Cl)N1CCCC1. The van der Waals surface area contributed by atoms with E-state index in [1.54, 1.807) is 0 Å². The largest absolute Gasteiger partial charge is 0.441 e. The third-order valence-corrected chi connectivity index (χ3v) is 6.01. The summed E-state index contributed by atoms with van der Waals surface area (Å²) in [6.45, 7) is 2.38. The van der Waals surface area contributed by atoms with Crippen molar-refractivity contribution in [3.63, 3.8) is 0 Å². The first-order chi connectivity index (χ1) is 15.5. The standard InChI is InChI=1S/C24H24ClF2N3O2/c25-17-7-2-1-6-16(17)20(30-12-3-4-13-30)14-28-22(31)10-11-23-29-15-21(32-23)24-18(26)8-5-9-19(24)27/h1-2,5-9,15,20H,3-4,10-14H2,(H,28,31). The number of carbonyl (C=O) groups is 1. The van der Waals surface area contributed by atoms with Crippen molar-refractivity contribution in [2.24, 2.45) is 0 Å². The van der Waals surface area contributed by atoms with Gasteiger partial charge in [-0.05, 0) is 49.7 Å². The summed E-state index contributed by atoms with van der Waals surface area (Å²) in [5, 5.41) is 3.67. The molecule has 3 aromatic rings. The Morgan fingerprint density at radius 3 is 2.56 bits per heavy atom. The number of rotatable bonds is 8. The average Bonchev–Trinajstić information content (AvgIpc) is 3.46. The molecule has 1 aliphatic rings. The molecule has 0 bridgehead atoms. The van der Waals surface area contributed by atoms with Crippen LogP contribution in [0.15, 0.2) is 53.1 Å². The van der Waals surface area contributed by atoms with E-state index < -0.39 is 11.6 Å². The van der Waals surface area contributed by atoms with Crippen LogP contribution in [0.1, 0.15) is 36.8 Å². The fourth-order valence-electron chi connectivity index (χ4n) is 4.03. The zero-order chi connectivity index (χ0) is 22.5. The molecule has 0 aliphatic carbocycles. The Balaban J connectivity index is 1.35. The van der Waals surface area contributed by atoms with Crippen molar-refractivity contribution >= 4 is 17.5 Å². The number of halogens is 3. The summed E-state index contributed by atoms with van der Waals surface area (Å²) >= 11 is 6.42. The molecule has 1 fully saturated rings. The van der Waals surface area contributed by atoms with Crippen molar-refractivity contribution < 1.29 is 18.0 Å². The molecular formula is C24H24ClF2N3O2. The summed E-state index contributed by atoms with van der Waals surface area (Å²) in [6, 6.07) is 11.3. The molecule has 4 rings (SSSR count). The lowest BCUT2D eigenvalue weighted by Crippen LogP contribution is -2.37. The van der Waals surface area contributed by atoms with Crippen LogP contribution in [0.4, 0.5) is 8.78 Å². The Labute approximate surface area is 190 Å². The number of oxazole rings is 1. The maximum Gasteiger partial charge on any atom is 0.220 e. The monoisotopic (exact) mass is 459 g/mol. The summed E-state index contributed by atoms with van der Waals surface area (Å²) in [4.78, 5) is 18.9. The Hall–Kier alpha value is -2.77.